The summed E-state index contributed by atoms with van der Waals surface area (Å²) in [5, 5.41) is 12.9. The van der Waals surface area contributed by atoms with Crippen LogP contribution in [0.4, 0.5) is 5.82 Å². The van der Waals surface area contributed by atoms with Gasteiger partial charge in [-0.05, 0) is 54.7 Å². The highest BCUT2D eigenvalue weighted by Gasteiger charge is 2.10. The van der Waals surface area contributed by atoms with Crippen LogP contribution in [0.15, 0.2) is 60.5 Å². The molecule has 1 aromatic carbocycles. The van der Waals surface area contributed by atoms with Gasteiger partial charge in [-0.2, -0.15) is 0 Å². The number of anilines is 1. The van der Waals surface area contributed by atoms with Crippen molar-refractivity contribution in [2.75, 3.05) is 5.32 Å². The van der Waals surface area contributed by atoms with Crippen molar-refractivity contribution in [3.8, 4) is 16.9 Å². The highest BCUT2D eigenvalue weighted by atomic mass is 16.3. The molecule has 2 heterocycles. The topological polar surface area (TPSA) is 45.2 Å². The molecular weight excluding hydrogens is 260 g/mol. The molecule has 3 nitrogen and oxygen atoms in total. The highest BCUT2D eigenvalue weighted by molar-refractivity contribution is 5.67. The first-order valence-corrected chi connectivity index (χ1v) is 7.13. The van der Waals surface area contributed by atoms with Crippen LogP contribution in [-0.4, -0.2) is 10.1 Å². The second-order valence-corrected chi connectivity index (χ2v) is 5.15. The summed E-state index contributed by atoms with van der Waals surface area (Å²) < 4.78 is 0. The smallest absolute Gasteiger partial charge is 0.133 e. The molecule has 3 heteroatoms. The number of hydrogen-bond acceptors (Lipinski definition) is 3. The summed E-state index contributed by atoms with van der Waals surface area (Å²) in [4.78, 5) is 4.52. The zero-order valence-corrected chi connectivity index (χ0v) is 12.0. The number of hydrogen-bond donors (Lipinski definition) is 2. The molecule has 2 aromatic rings. The third kappa shape index (κ3) is 2.97. The van der Waals surface area contributed by atoms with Crippen molar-refractivity contribution in [2.45, 2.75) is 19.8 Å². The maximum Gasteiger partial charge on any atom is 0.133 e. The third-order valence-electron chi connectivity index (χ3n) is 3.60. The van der Waals surface area contributed by atoms with Crippen molar-refractivity contribution in [1.29, 1.82) is 0 Å². The molecule has 106 valence electrons. The minimum Gasteiger partial charge on any atom is -0.508 e. The Bertz CT molecular complexity index is 717. The molecule has 0 aliphatic carbocycles. The number of rotatable bonds is 2. The Labute approximate surface area is 124 Å². The summed E-state index contributed by atoms with van der Waals surface area (Å²) >= 11 is 0. The minimum absolute atomic E-state index is 0.276. The molecule has 1 aliphatic rings. The lowest BCUT2D eigenvalue weighted by Gasteiger charge is -2.08. The van der Waals surface area contributed by atoms with Crippen molar-refractivity contribution >= 4 is 5.82 Å². The van der Waals surface area contributed by atoms with Gasteiger partial charge in [0.15, 0.2) is 0 Å². The third-order valence-corrected chi connectivity index (χ3v) is 3.60. The zero-order valence-electron chi connectivity index (χ0n) is 12.0. The van der Waals surface area contributed by atoms with Crippen molar-refractivity contribution < 1.29 is 5.11 Å². The number of aromatic hydroxyl groups is 1. The van der Waals surface area contributed by atoms with E-state index in [-0.39, 0.29) is 5.75 Å². The van der Waals surface area contributed by atoms with Gasteiger partial charge in [0.2, 0.25) is 0 Å². The summed E-state index contributed by atoms with van der Waals surface area (Å²) in [5.74, 6) is 1.19. The molecular formula is C18H18N2O. The number of allylic oxidation sites excluding steroid dienone is 3. The Hall–Kier alpha value is -2.55. The summed E-state index contributed by atoms with van der Waals surface area (Å²) in [6, 6.07) is 9.42. The largest absolute Gasteiger partial charge is 0.508 e. The molecule has 3 rings (SSSR count). The van der Waals surface area contributed by atoms with Gasteiger partial charge in [-0.15, -0.1) is 0 Å². The van der Waals surface area contributed by atoms with Gasteiger partial charge in [0, 0.05) is 18.0 Å². The van der Waals surface area contributed by atoms with Crippen LogP contribution in [0.1, 0.15) is 18.9 Å². The van der Waals surface area contributed by atoms with Gasteiger partial charge in [0.05, 0.1) is 0 Å². The zero-order chi connectivity index (χ0) is 14.7. The molecule has 0 unspecified atom stereocenters. The van der Waals surface area contributed by atoms with E-state index in [1.807, 2.05) is 31.5 Å². The van der Waals surface area contributed by atoms with Crippen molar-refractivity contribution in [2.24, 2.45) is 0 Å². The molecule has 2 N–H and O–H groups in total. The fraction of sp³-hybridized carbons (Fsp3) is 0.167. The number of benzene rings is 1. The van der Waals surface area contributed by atoms with E-state index in [2.05, 4.69) is 28.5 Å². The normalized spacial score (nSPS) is 14.2. The van der Waals surface area contributed by atoms with E-state index >= 15 is 0 Å². The number of aromatic nitrogens is 1. The molecule has 1 aliphatic heterocycles. The Balaban J connectivity index is 1.92. The molecule has 1 aromatic heterocycles. The second kappa shape index (κ2) is 5.83. The van der Waals surface area contributed by atoms with Crippen molar-refractivity contribution in [1.82, 2.24) is 4.98 Å². The van der Waals surface area contributed by atoms with E-state index in [9.17, 15) is 5.11 Å². The standard InChI is InChI=1S/C18H18N2O/c1-2-4-13-7-8-15-9-16(12-20-18(15)19-11-13)14-5-3-6-17(21)10-14/h2-6,9-12,21H,7-8H2,1H3,(H,19,20)/b4-2+. The predicted molar refractivity (Wildman–Crippen MR) is 86.2 cm³/mol. The Morgan fingerprint density at radius 3 is 2.90 bits per heavy atom. The van der Waals surface area contributed by atoms with Crippen LogP contribution >= 0.6 is 0 Å². The van der Waals surface area contributed by atoms with E-state index in [1.54, 1.807) is 12.1 Å². The molecule has 0 amide bonds. The summed E-state index contributed by atoms with van der Waals surface area (Å²) in [7, 11) is 0. The predicted octanol–water partition coefficient (Wildman–Crippen LogP) is 4.27. The number of phenolic OH excluding ortho intramolecular Hbond substituents is 1. The van der Waals surface area contributed by atoms with Gasteiger partial charge in [0.1, 0.15) is 11.6 Å². The number of aryl methyl sites for hydroxylation is 1. The lowest BCUT2D eigenvalue weighted by Crippen LogP contribution is -1.96. The van der Waals surface area contributed by atoms with E-state index in [0.717, 1.165) is 29.8 Å². The number of pyridine rings is 1. The number of fused-ring (bicyclic) bond motifs is 1. The van der Waals surface area contributed by atoms with Gasteiger partial charge < -0.3 is 10.4 Å². The molecule has 0 atom stereocenters. The average molecular weight is 278 g/mol. The van der Waals surface area contributed by atoms with E-state index < -0.39 is 0 Å². The highest BCUT2D eigenvalue weighted by Crippen LogP contribution is 2.28. The fourth-order valence-electron chi connectivity index (χ4n) is 2.53. The number of nitrogens with one attached hydrogen (secondary N) is 1. The van der Waals surface area contributed by atoms with Gasteiger partial charge >= 0.3 is 0 Å². The number of phenols is 1. The maximum absolute atomic E-state index is 9.60. The monoisotopic (exact) mass is 278 g/mol. The van der Waals surface area contributed by atoms with Crippen LogP contribution in [0.5, 0.6) is 5.75 Å². The molecule has 21 heavy (non-hydrogen) atoms. The van der Waals surface area contributed by atoms with Crippen molar-refractivity contribution in [3.05, 3.63) is 66.0 Å². The molecule has 0 spiro atoms. The number of nitrogens with zero attached hydrogens (tertiary/aromatic N) is 1. The molecule has 0 saturated carbocycles. The lowest BCUT2D eigenvalue weighted by molar-refractivity contribution is 0.475. The lowest BCUT2D eigenvalue weighted by atomic mass is 10.0. The average Bonchev–Trinajstić information content (AvgIpc) is 2.70. The molecule has 0 radical (unpaired) electrons. The quantitative estimate of drug-likeness (QED) is 0.862. The van der Waals surface area contributed by atoms with Crippen LogP contribution < -0.4 is 5.32 Å². The van der Waals surface area contributed by atoms with E-state index in [0.29, 0.717) is 0 Å². The first-order valence-electron chi connectivity index (χ1n) is 7.13. The van der Waals surface area contributed by atoms with Crippen LogP contribution in [-0.2, 0) is 6.42 Å². The van der Waals surface area contributed by atoms with Crippen LogP contribution in [0, 0.1) is 0 Å². The van der Waals surface area contributed by atoms with Crippen LogP contribution in [0.25, 0.3) is 11.1 Å². The van der Waals surface area contributed by atoms with Gasteiger partial charge in [0.25, 0.3) is 0 Å². The second-order valence-electron chi connectivity index (χ2n) is 5.15. The first kappa shape index (κ1) is 13.4. The summed E-state index contributed by atoms with van der Waals surface area (Å²) in [5.41, 5.74) is 4.48. The molecule has 0 saturated heterocycles. The Morgan fingerprint density at radius 2 is 2.10 bits per heavy atom. The Kier molecular flexibility index (Phi) is 3.73. The van der Waals surface area contributed by atoms with E-state index in [1.165, 1.54) is 11.1 Å². The molecule has 0 bridgehead atoms. The van der Waals surface area contributed by atoms with E-state index in [4.69, 9.17) is 0 Å². The van der Waals surface area contributed by atoms with Crippen LogP contribution in [0.2, 0.25) is 0 Å². The maximum atomic E-state index is 9.60. The minimum atomic E-state index is 0.276. The van der Waals surface area contributed by atoms with Crippen LogP contribution in [0.3, 0.4) is 0 Å². The van der Waals surface area contributed by atoms with Crippen molar-refractivity contribution in [3.63, 3.8) is 0 Å². The first-order chi connectivity index (χ1) is 10.3. The fourth-order valence-corrected chi connectivity index (χ4v) is 2.53. The summed E-state index contributed by atoms with van der Waals surface area (Å²) in [6.45, 7) is 2.02. The summed E-state index contributed by atoms with van der Waals surface area (Å²) in [6.07, 6.45) is 9.99. The van der Waals surface area contributed by atoms with Gasteiger partial charge in [-0.25, -0.2) is 4.98 Å². The van der Waals surface area contributed by atoms with Gasteiger partial charge in [-0.3, -0.25) is 0 Å². The molecule has 0 fully saturated rings. The van der Waals surface area contributed by atoms with Gasteiger partial charge in [-0.1, -0.05) is 24.3 Å². The SMILES string of the molecule is C/C=C/C1=CNc2ncc(-c3cccc(O)c3)cc2CC1. The Morgan fingerprint density at radius 1 is 1.19 bits per heavy atom.